The van der Waals surface area contributed by atoms with Gasteiger partial charge in [0, 0.05) is 18.8 Å². The molecule has 1 atom stereocenters. The van der Waals surface area contributed by atoms with Crippen LogP contribution in [0.15, 0.2) is 24.3 Å². The number of hydrogen-bond donors (Lipinski definition) is 1. The third-order valence-corrected chi connectivity index (χ3v) is 4.10. The second-order valence-electron chi connectivity index (χ2n) is 5.96. The topological polar surface area (TPSA) is 55.6 Å². The lowest BCUT2D eigenvalue weighted by Gasteiger charge is -2.23. The number of anilines is 1. The van der Waals surface area contributed by atoms with Gasteiger partial charge in [-0.1, -0.05) is 18.2 Å². The molecule has 0 aliphatic carbocycles. The van der Waals surface area contributed by atoms with Crippen LogP contribution in [-0.4, -0.2) is 31.2 Å². The number of fused-ring (bicyclic) bond motifs is 1. The molecule has 0 saturated carbocycles. The van der Waals surface area contributed by atoms with Crippen molar-refractivity contribution in [2.45, 2.75) is 45.1 Å². The highest BCUT2D eigenvalue weighted by Crippen LogP contribution is 2.27. The molecule has 0 amide bonds. The van der Waals surface area contributed by atoms with E-state index in [1.165, 1.54) is 11.3 Å². The van der Waals surface area contributed by atoms with E-state index in [0.717, 1.165) is 32.4 Å². The Morgan fingerprint density at radius 1 is 1.38 bits per heavy atom. The molecule has 0 fully saturated rings. The Kier molecular flexibility index (Phi) is 5.23. The van der Waals surface area contributed by atoms with Crippen molar-refractivity contribution in [1.82, 2.24) is 0 Å². The van der Waals surface area contributed by atoms with Crippen molar-refractivity contribution in [2.75, 3.05) is 24.6 Å². The number of carbonyl (C=O) groups is 1. The minimum absolute atomic E-state index is 0.295. The van der Waals surface area contributed by atoms with E-state index in [1.807, 2.05) is 0 Å². The van der Waals surface area contributed by atoms with Crippen molar-refractivity contribution >= 4 is 11.7 Å². The van der Waals surface area contributed by atoms with Crippen molar-refractivity contribution in [3.05, 3.63) is 29.8 Å². The lowest BCUT2D eigenvalue weighted by Crippen LogP contribution is -2.46. The zero-order valence-electron chi connectivity index (χ0n) is 13.1. The number of benzene rings is 1. The molecule has 1 heterocycles. The van der Waals surface area contributed by atoms with Gasteiger partial charge in [0.2, 0.25) is 0 Å². The second kappa shape index (κ2) is 6.94. The van der Waals surface area contributed by atoms with E-state index >= 15 is 0 Å². The molecule has 4 heteroatoms. The van der Waals surface area contributed by atoms with Crippen LogP contribution in [0, 0.1) is 0 Å². The zero-order chi connectivity index (χ0) is 15.3. The van der Waals surface area contributed by atoms with Crippen LogP contribution in [0.5, 0.6) is 0 Å². The van der Waals surface area contributed by atoms with Crippen LogP contribution in [0.25, 0.3) is 0 Å². The Balaban J connectivity index is 1.75. The Labute approximate surface area is 127 Å². The van der Waals surface area contributed by atoms with Crippen LogP contribution >= 0.6 is 0 Å². The summed E-state index contributed by atoms with van der Waals surface area (Å²) in [5.41, 5.74) is 7.96. The summed E-state index contributed by atoms with van der Waals surface area (Å²) in [5.74, 6) is -0.295. The molecule has 2 N–H and O–H groups in total. The van der Waals surface area contributed by atoms with Crippen LogP contribution in [0.2, 0.25) is 0 Å². The molecule has 116 valence electrons. The molecular formula is C17H26N2O2. The molecule has 1 aliphatic rings. The largest absolute Gasteiger partial charge is 0.465 e. The van der Waals surface area contributed by atoms with E-state index in [4.69, 9.17) is 10.5 Å². The number of hydrogen-bond acceptors (Lipinski definition) is 4. The van der Waals surface area contributed by atoms with E-state index in [0.29, 0.717) is 13.0 Å². The molecule has 1 aromatic rings. The quantitative estimate of drug-likeness (QED) is 0.619. The van der Waals surface area contributed by atoms with E-state index in [9.17, 15) is 4.79 Å². The first-order chi connectivity index (χ1) is 10.0. The molecule has 4 nitrogen and oxygen atoms in total. The average Bonchev–Trinajstić information content (AvgIpc) is 2.87. The zero-order valence-corrected chi connectivity index (χ0v) is 13.1. The number of carbonyl (C=O) groups excluding carboxylic acids is 1. The van der Waals surface area contributed by atoms with Crippen molar-refractivity contribution < 1.29 is 9.53 Å². The molecule has 1 unspecified atom stereocenters. The molecule has 21 heavy (non-hydrogen) atoms. The van der Waals surface area contributed by atoms with Crippen LogP contribution in [-0.2, 0) is 16.0 Å². The molecule has 0 saturated heterocycles. The van der Waals surface area contributed by atoms with Gasteiger partial charge in [-0.3, -0.25) is 4.79 Å². The van der Waals surface area contributed by atoms with E-state index in [1.54, 1.807) is 13.8 Å². The number of nitrogens with two attached hydrogens (primary N) is 1. The van der Waals surface area contributed by atoms with Gasteiger partial charge in [-0.05, 0) is 51.2 Å². The summed E-state index contributed by atoms with van der Waals surface area (Å²) in [6, 6.07) is 8.58. The van der Waals surface area contributed by atoms with Crippen LogP contribution < -0.4 is 10.6 Å². The lowest BCUT2D eigenvalue weighted by molar-refractivity contribution is -0.149. The number of rotatable bonds is 7. The highest BCUT2D eigenvalue weighted by Gasteiger charge is 2.29. The highest BCUT2D eigenvalue weighted by atomic mass is 16.5. The molecule has 0 radical (unpaired) electrons. The van der Waals surface area contributed by atoms with Gasteiger partial charge in [-0.25, -0.2) is 0 Å². The van der Waals surface area contributed by atoms with Gasteiger partial charge in [-0.2, -0.15) is 0 Å². The summed E-state index contributed by atoms with van der Waals surface area (Å²) < 4.78 is 5.01. The van der Waals surface area contributed by atoms with Gasteiger partial charge in [0.15, 0.2) is 0 Å². The first-order valence-corrected chi connectivity index (χ1v) is 7.83. The van der Waals surface area contributed by atoms with Gasteiger partial charge in [0.25, 0.3) is 0 Å². The maximum absolute atomic E-state index is 11.7. The molecule has 2 rings (SSSR count). The van der Waals surface area contributed by atoms with Gasteiger partial charge < -0.3 is 15.4 Å². The maximum Gasteiger partial charge on any atom is 0.325 e. The van der Waals surface area contributed by atoms with Crippen molar-refractivity contribution in [2.24, 2.45) is 5.73 Å². The third kappa shape index (κ3) is 3.97. The van der Waals surface area contributed by atoms with E-state index in [-0.39, 0.29) is 5.97 Å². The number of ether oxygens (including phenoxy) is 1. The minimum Gasteiger partial charge on any atom is -0.465 e. The molecular weight excluding hydrogens is 264 g/mol. The summed E-state index contributed by atoms with van der Waals surface area (Å²) in [7, 11) is 0. The van der Waals surface area contributed by atoms with E-state index < -0.39 is 5.54 Å². The average molecular weight is 290 g/mol. The molecule has 1 aromatic carbocycles. The fourth-order valence-corrected chi connectivity index (χ4v) is 2.83. The molecule has 1 aliphatic heterocycles. The van der Waals surface area contributed by atoms with Crippen molar-refractivity contribution in [3.63, 3.8) is 0 Å². The SMILES string of the molecule is CCOC(=O)C(C)(N)CCCCN1CCc2ccccc21. The standard InChI is InChI=1S/C17H26N2O2/c1-3-21-16(20)17(2,18)11-6-7-12-19-13-10-14-8-4-5-9-15(14)19/h4-5,8-9H,3,6-7,10-13,18H2,1-2H3. The number of para-hydroxylation sites is 1. The fraction of sp³-hybridized carbons (Fsp3) is 0.588. The number of nitrogens with zero attached hydrogens (tertiary/aromatic N) is 1. The van der Waals surface area contributed by atoms with Crippen LogP contribution in [0.3, 0.4) is 0 Å². The van der Waals surface area contributed by atoms with Gasteiger partial charge >= 0.3 is 5.97 Å². The maximum atomic E-state index is 11.7. The fourth-order valence-electron chi connectivity index (χ4n) is 2.83. The lowest BCUT2D eigenvalue weighted by atomic mass is 9.96. The normalized spacial score (nSPS) is 16.4. The summed E-state index contributed by atoms with van der Waals surface area (Å²) >= 11 is 0. The highest BCUT2D eigenvalue weighted by molar-refractivity contribution is 5.79. The van der Waals surface area contributed by atoms with Gasteiger partial charge in [-0.15, -0.1) is 0 Å². The second-order valence-corrected chi connectivity index (χ2v) is 5.96. The van der Waals surface area contributed by atoms with Crippen LogP contribution in [0.4, 0.5) is 5.69 Å². The van der Waals surface area contributed by atoms with Gasteiger partial charge in [0.1, 0.15) is 5.54 Å². The third-order valence-electron chi connectivity index (χ3n) is 4.10. The minimum atomic E-state index is -0.862. The molecule has 0 bridgehead atoms. The Morgan fingerprint density at radius 3 is 2.90 bits per heavy atom. The summed E-state index contributed by atoms with van der Waals surface area (Å²) in [6.07, 6.45) is 3.78. The predicted molar refractivity (Wildman–Crippen MR) is 85.4 cm³/mol. The number of esters is 1. The summed E-state index contributed by atoms with van der Waals surface area (Å²) in [5, 5.41) is 0. The summed E-state index contributed by atoms with van der Waals surface area (Å²) in [4.78, 5) is 14.1. The predicted octanol–water partition coefficient (Wildman–Crippen LogP) is 2.50. The first kappa shape index (κ1) is 15.8. The Morgan fingerprint density at radius 2 is 2.14 bits per heavy atom. The first-order valence-electron chi connectivity index (χ1n) is 7.83. The van der Waals surface area contributed by atoms with E-state index in [2.05, 4.69) is 29.2 Å². The van der Waals surface area contributed by atoms with Crippen molar-refractivity contribution in [1.29, 1.82) is 0 Å². The van der Waals surface area contributed by atoms with Crippen molar-refractivity contribution in [3.8, 4) is 0 Å². The Hall–Kier alpha value is -1.55. The monoisotopic (exact) mass is 290 g/mol. The summed E-state index contributed by atoms with van der Waals surface area (Å²) in [6.45, 7) is 6.07. The Bertz CT molecular complexity index is 485. The van der Waals surface area contributed by atoms with Gasteiger partial charge in [0.05, 0.1) is 6.61 Å². The van der Waals surface area contributed by atoms with Crippen LogP contribution in [0.1, 0.15) is 38.7 Å². The molecule has 0 aromatic heterocycles. The smallest absolute Gasteiger partial charge is 0.325 e. The number of unbranched alkanes of at least 4 members (excludes halogenated alkanes) is 1. The molecule has 0 spiro atoms.